The van der Waals surface area contributed by atoms with Crippen LogP contribution in [0.3, 0.4) is 0 Å². The number of rotatable bonds is 4. The number of nitrogens with one attached hydrogen (secondary N) is 1. The first kappa shape index (κ1) is 15.6. The summed E-state index contributed by atoms with van der Waals surface area (Å²) in [7, 11) is -2.54. The van der Waals surface area contributed by atoms with Crippen molar-refractivity contribution < 1.29 is 12.6 Å². The lowest BCUT2D eigenvalue weighted by Gasteiger charge is -2.25. The van der Waals surface area contributed by atoms with E-state index in [0.29, 0.717) is 39.8 Å². The largest absolute Gasteiger partial charge is 0.315 e. The molecule has 0 spiro atoms. The van der Waals surface area contributed by atoms with Crippen LogP contribution in [0.15, 0.2) is 14.7 Å². The van der Waals surface area contributed by atoms with Crippen LogP contribution in [0.4, 0.5) is 0 Å². The van der Waals surface area contributed by atoms with Crippen LogP contribution in [0, 0.1) is 0 Å². The zero-order chi connectivity index (χ0) is 14.0. The molecule has 0 radical (unpaired) electrons. The van der Waals surface area contributed by atoms with Gasteiger partial charge >= 0.3 is 0 Å². The van der Waals surface area contributed by atoms with Crippen molar-refractivity contribution in [1.29, 1.82) is 0 Å². The zero-order valence-electron chi connectivity index (χ0n) is 10.4. The highest BCUT2D eigenvalue weighted by Gasteiger charge is 2.30. The third-order valence-electron chi connectivity index (χ3n) is 2.81. The Bertz CT molecular complexity index is 575. The first-order valence-corrected chi connectivity index (χ1v) is 10.3. The van der Waals surface area contributed by atoms with Gasteiger partial charge in [0, 0.05) is 46.8 Å². The van der Waals surface area contributed by atoms with Gasteiger partial charge in [0.05, 0.1) is 3.79 Å². The fourth-order valence-electron chi connectivity index (χ4n) is 1.84. The summed E-state index contributed by atoms with van der Waals surface area (Å²) in [5.41, 5.74) is 0. The van der Waals surface area contributed by atoms with Gasteiger partial charge in [0.25, 0.3) is 0 Å². The van der Waals surface area contributed by atoms with Gasteiger partial charge in [0.2, 0.25) is 10.0 Å². The average Bonchev–Trinajstić information content (AvgIpc) is 2.72. The quantitative estimate of drug-likeness (QED) is 0.837. The summed E-state index contributed by atoms with van der Waals surface area (Å²) in [6.45, 7) is 1.31. The molecule has 5 nitrogen and oxygen atoms in total. The summed E-state index contributed by atoms with van der Waals surface area (Å²) in [5, 5.41) is 3.00. The number of halogens is 1. The second kappa shape index (κ2) is 6.31. The van der Waals surface area contributed by atoms with Crippen molar-refractivity contribution in [2.45, 2.75) is 11.4 Å². The van der Waals surface area contributed by atoms with E-state index in [2.05, 4.69) is 21.2 Å². The van der Waals surface area contributed by atoms with Gasteiger partial charge in [-0.15, -0.1) is 11.3 Å². The predicted molar refractivity (Wildman–Crippen MR) is 81.4 cm³/mol. The van der Waals surface area contributed by atoms with Gasteiger partial charge in [0.15, 0.2) is 0 Å². The number of sulfonamides is 1. The fourth-order valence-corrected chi connectivity index (χ4v) is 7.20. The molecule has 1 aliphatic rings. The Hall–Kier alpha value is 0.200. The lowest BCUT2D eigenvalue weighted by atomic mass is 10.5. The van der Waals surface area contributed by atoms with Gasteiger partial charge in [-0.2, -0.15) is 4.31 Å². The SMILES string of the molecule is CNCc1cc(S(=O)(=O)N2CCS(=O)CC2)c(Br)s1. The summed E-state index contributed by atoms with van der Waals surface area (Å²) in [5.74, 6) is 0.842. The lowest BCUT2D eigenvalue weighted by molar-refractivity contribution is 0.438. The van der Waals surface area contributed by atoms with Gasteiger partial charge in [-0.3, -0.25) is 4.21 Å². The molecule has 9 heteroatoms. The molecule has 0 atom stereocenters. The monoisotopic (exact) mass is 386 g/mol. The molecule has 2 heterocycles. The van der Waals surface area contributed by atoms with Crippen molar-refractivity contribution in [2.75, 3.05) is 31.6 Å². The van der Waals surface area contributed by atoms with Crippen molar-refractivity contribution in [3.05, 3.63) is 14.7 Å². The van der Waals surface area contributed by atoms with Crippen molar-refractivity contribution in [3.63, 3.8) is 0 Å². The number of hydrogen-bond acceptors (Lipinski definition) is 5. The molecular weight excluding hydrogens is 372 g/mol. The molecule has 1 fully saturated rings. The van der Waals surface area contributed by atoms with E-state index < -0.39 is 20.8 Å². The van der Waals surface area contributed by atoms with Crippen molar-refractivity contribution in [1.82, 2.24) is 9.62 Å². The second-order valence-corrected chi connectivity index (χ2v) is 10.2. The summed E-state index contributed by atoms with van der Waals surface area (Å²) in [6.07, 6.45) is 0. The lowest BCUT2D eigenvalue weighted by Crippen LogP contribution is -2.41. The number of nitrogens with zero attached hydrogens (tertiary/aromatic N) is 1. The van der Waals surface area contributed by atoms with Gasteiger partial charge < -0.3 is 5.32 Å². The van der Waals surface area contributed by atoms with Gasteiger partial charge in [0.1, 0.15) is 4.90 Å². The summed E-state index contributed by atoms with van der Waals surface area (Å²) in [4.78, 5) is 1.28. The Morgan fingerprint density at radius 2 is 2.11 bits per heavy atom. The Balaban J connectivity index is 2.26. The molecule has 1 aliphatic heterocycles. The van der Waals surface area contributed by atoms with Gasteiger partial charge in [-0.1, -0.05) is 0 Å². The highest BCUT2D eigenvalue weighted by atomic mass is 79.9. The number of thiophene rings is 1. The van der Waals surface area contributed by atoms with Crippen LogP contribution in [-0.4, -0.2) is 48.6 Å². The zero-order valence-corrected chi connectivity index (χ0v) is 14.4. The normalized spacial score (nSPS) is 18.8. The van der Waals surface area contributed by atoms with E-state index in [9.17, 15) is 12.6 Å². The Morgan fingerprint density at radius 1 is 1.47 bits per heavy atom. The van der Waals surface area contributed by atoms with E-state index in [1.54, 1.807) is 6.07 Å². The minimum Gasteiger partial charge on any atom is -0.315 e. The predicted octanol–water partition coefficient (Wildman–Crippen LogP) is 0.983. The molecule has 0 unspecified atom stereocenters. The second-order valence-electron chi connectivity index (χ2n) is 4.13. The van der Waals surface area contributed by atoms with Crippen molar-refractivity contribution in [3.8, 4) is 0 Å². The summed E-state index contributed by atoms with van der Waals surface area (Å²) in [6, 6.07) is 1.70. The van der Waals surface area contributed by atoms with E-state index in [1.165, 1.54) is 15.6 Å². The molecule has 0 amide bonds. The van der Waals surface area contributed by atoms with Crippen LogP contribution in [0.2, 0.25) is 0 Å². The highest BCUT2D eigenvalue weighted by molar-refractivity contribution is 9.11. The van der Waals surface area contributed by atoms with E-state index >= 15 is 0 Å². The molecule has 108 valence electrons. The van der Waals surface area contributed by atoms with E-state index in [0.717, 1.165) is 4.88 Å². The van der Waals surface area contributed by atoms with Crippen LogP contribution in [0.25, 0.3) is 0 Å². The number of hydrogen-bond donors (Lipinski definition) is 1. The minimum absolute atomic E-state index is 0.315. The molecule has 1 saturated heterocycles. The summed E-state index contributed by atoms with van der Waals surface area (Å²) < 4.78 is 38.4. The molecule has 1 aromatic heterocycles. The van der Waals surface area contributed by atoms with E-state index in [1.807, 2.05) is 7.05 Å². The molecule has 0 saturated carbocycles. The molecule has 1 N–H and O–H groups in total. The van der Waals surface area contributed by atoms with Crippen LogP contribution in [0.5, 0.6) is 0 Å². The Kier molecular flexibility index (Phi) is 5.18. The smallest absolute Gasteiger partial charge is 0.245 e. The maximum Gasteiger partial charge on any atom is 0.245 e. The Labute approximate surface area is 128 Å². The van der Waals surface area contributed by atoms with E-state index in [4.69, 9.17) is 0 Å². The summed E-state index contributed by atoms with van der Waals surface area (Å²) >= 11 is 4.75. The third kappa shape index (κ3) is 3.45. The van der Waals surface area contributed by atoms with Crippen molar-refractivity contribution in [2.24, 2.45) is 0 Å². The molecule has 2 rings (SSSR count). The van der Waals surface area contributed by atoms with Crippen LogP contribution in [0.1, 0.15) is 4.88 Å². The standard InChI is InChI=1S/C10H15BrN2O3S3/c1-12-7-8-6-9(10(11)17-8)19(15,16)13-2-4-18(14)5-3-13/h6,12H,2-5,7H2,1H3. The maximum atomic E-state index is 12.5. The molecule has 0 aromatic carbocycles. The molecular formula is C10H15BrN2O3S3. The topological polar surface area (TPSA) is 66.5 Å². The maximum absolute atomic E-state index is 12.5. The molecule has 0 aliphatic carbocycles. The first-order chi connectivity index (χ1) is 8.95. The van der Waals surface area contributed by atoms with Gasteiger partial charge in [-0.05, 0) is 29.0 Å². The van der Waals surface area contributed by atoms with Gasteiger partial charge in [-0.25, -0.2) is 8.42 Å². The van der Waals surface area contributed by atoms with Crippen LogP contribution >= 0.6 is 27.3 Å². The highest BCUT2D eigenvalue weighted by Crippen LogP contribution is 2.33. The van der Waals surface area contributed by atoms with Crippen LogP contribution < -0.4 is 5.32 Å². The third-order valence-corrected chi connectivity index (χ3v) is 8.24. The Morgan fingerprint density at radius 3 is 2.68 bits per heavy atom. The fraction of sp³-hybridized carbons (Fsp3) is 0.600. The van der Waals surface area contributed by atoms with E-state index in [-0.39, 0.29) is 0 Å². The molecule has 19 heavy (non-hydrogen) atoms. The molecule has 0 bridgehead atoms. The van der Waals surface area contributed by atoms with Crippen LogP contribution in [-0.2, 0) is 27.4 Å². The van der Waals surface area contributed by atoms with Crippen molar-refractivity contribution >= 4 is 48.1 Å². The molecule has 1 aromatic rings. The minimum atomic E-state index is -3.48. The first-order valence-electron chi connectivity index (χ1n) is 5.73. The average molecular weight is 387 g/mol.